The molecular weight excluding hydrogens is 280 g/mol. The summed E-state index contributed by atoms with van der Waals surface area (Å²) in [6.07, 6.45) is 3.87. The SMILES string of the molecule is CC(NN1C(C)CCCC1C)c1ccc(Br)o1. The Bertz CT molecular complexity index is 356. The van der Waals surface area contributed by atoms with Crippen LogP contribution >= 0.6 is 15.9 Å². The first-order chi connectivity index (χ1) is 8.08. The van der Waals surface area contributed by atoms with E-state index in [1.807, 2.05) is 12.1 Å². The number of nitrogens with zero attached hydrogens (tertiary/aromatic N) is 1. The summed E-state index contributed by atoms with van der Waals surface area (Å²) in [5.74, 6) is 0.974. The molecule has 1 saturated heterocycles. The molecule has 3 unspecified atom stereocenters. The molecule has 2 rings (SSSR count). The van der Waals surface area contributed by atoms with Crippen molar-refractivity contribution in [2.45, 2.75) is 58.2 Å². The average molecular weight is 301 g/mol. The normalized spacial score (nSPS) is 28.2. The Morgan fingerprint density at radius 2 is 2.00 bits per heavy atom. The maximum atomic E-state index is 5.58. The van der Waals surface area contributed by atoms with Crippen LogP contribution in [0.25, 0.3) is 0 Å². The minimum atomic E-state index is 0.212. The highest BCUT2D eigenvalue weighted by molar-refractivity contribution is 9.10. The van der Waals surface area contributed by atoms with Crippen molar-refractivity contribution in [2.24, 2.45) is 0 Å². The van der Waals surface area contributed by atoms with Crippen LogP contribution in [-0.2, 0) is 0 Å². The third-order valence-corrected chi connectivity index (χ3v) is 3.98. The Balaban J connectivity index is 1.99. The molecule has 17 heavy (non-hydrogen) atoms. The van der Waals surface area contributed by atoms with E-state index in [1.54, 1.807) is 0 Å². The molecule has 0 amide bonds. The van der Waals surface area contributed by atoms with Crippen LogP contribution in [0.15, 0.2) is 21.2 Å². The monoisotopic (exact) mass is 300 g/mol. The van der Waals surface area contributed by atoms with Crippen LogP contribution in [0.2, 0.25) is 0 Å². The van der Waals surface area contributed by atoms with Crippen molar-refractivity contribution in [3.8, 4) is 0 Å². The van der Waals surface area contributed by atoms with Gasteiger partial charge in [0.15, 0.2) is 4.67 Å². The lowest BCUT2D eigenvalue weighted by Gasteiger charge is -2.40. The molecule has 1 N–H and O–H groups in total. The average Bonchev–Trinajstić information content (AvgIpc) is 2.70. The van der Waals surface area contributed by atoms with Crippen LogP contribution < -0.4 is 5.43 Å². The Labute approximate surface area is 112 Å². The maximum absolute atomic E-state index is 5.58. The number of hydrogen-bond acceptors (Lipinski definition) is 3. The van der Waals surface area contributed by atoms with E-state index in [4.69, 9.17) is 4.42 Å². The fourth-order valence-electron chi connectivity index (χ4n) is 2.52. The van der Waals surface area contributed by atoms with Crippen molar-refractivity contribution in [2.75, 3.05) is 0 Å². The van der Waals surface area contributed by atoms with E-state index < -0.39 is 0 Å². The topological polar surface area (TPSA) is 28.4 Å². The van der Waals surface area contributed by atoms with Gasteiger partial charge in [-0.15, -0.1) is 0 Å². The lowest BCUT2D eigenvalue weighted by atomic mass is 10.00. The lowest BCUT2D eigenvalue weighted by molar-refractivity contribution is 0.0285. The van der Waals surface area contributed by atoms with Crippen LogP contribution in [0.3, 0.4) is 0 Å². The number of hydrazine groups is 1. The van der Waals surface area contributed by atoms with Crippen molar-refractivity contribution in [3.63, 3.8) is 0 Å². The van der Waals surface area contributed by atoms with Crippen molar-refractivity contribution >= 4 is 15.9 Å². The summed E-state index contributed by atoms with van der Waals surface area (Å²) in [7, 11) is 0. The van der Waals surface area contributed by atoms with Gasteiger partial charge in [-0.3, -0.25) is 0 Å². The molecule has 0 spiro atoms. The van der Waals surface area contributed by atoms with Gasteiger partial charge in [0, 0.05) is 12.1 Å². The zero-order valence-corrected chi connectivity index (χ0v) is 12.3. The molecule has 3 atom stereocenters. The zero-order valence-electron chi connectivity index (χ0n) is 10.7. The summed E-state index contributed by atoms with van der Waals surface area (Å²) in [5.41, 5.74) is 3.57. The van der Waals surface area contributed by atoms with Gasteiger partial charge in [-0.1, -0.05) is 6.42 Å². The van der Waals surface area contributed by atoms with Crippen LogP contribution in [0, 0.1) is 0 Å². The highest BCUT2D eigenvalue weighted by Gasteiger charge is 2.26. The molecule has 0 aromatic carbocycles. The highest BCUT2D eigenvalue weighted by atomic mass is 79.9. The van der Waals surface area contributed by atoms with Crippen molar-refractivity contribution in [1.82, 2.24) is 10.4 Å². The van der Waals surface area contributed by atoms with E-state index in [0.29, 0.717) is 12.1 Å². The van der Waals surface area contributed by atoms with Gasteiger partial charge in [-0.25, -0.2) is 10.4 Å². The predicted molar refractivity (Wildman–Crippen MR) is 72.6 cm³/mol. The molecule has 2 heterocycles. The summed E-state index contributed by atoms with van der Waals surface area (Å²) in [5, 5.41) is 2.38. The van der Waals surface area contributed by atoms with Gasteiger partial charge >= 0.3 is 0 Å². The molecule has 96 valence electrons. The van der Waals surface area contributed by atoms with Gasteiger partial charge in [0.05, 0.1) is 6.04 Å². The maximum Gasteiger partial charge on any atom is 0.169 e. The van der Waals surface area contributed by atoms with E-state index in [0.717, 1.165) is 10.4 Å². The zero-order chi connectivity index (χ0) is 12.4. The minimum absolute atomic E-state index is 0.212. The summed E-state index contributed by atoms with van der Waals surface area (Å²) in [6.45, 7) is 6.71. The van der Waals surface area contributed by atoms with Gasteiger partial charge in [-0.2, -0.15) is 0 Å². The fraction of sp³-hybridized carbons (Fsp3) is 0.692. The summed E-state index contributed by atoms with van der Waals surface area (Å²) >= 11 is 3.34. The molecule has 1 aliphatic rings. The van der Waals surface area contributed by atoms with E-state index in [1.165, 1.54) is 19.3 Å². The number of rotatable bonds is 3. The second-order valence-corrected chi connectivity index (χ2v) is 5.81. The Hall–Kier alpha value is -0.320. The van der Waals surface area contributed by atoms with Gasteiger partial charge in [0.1, 0.15) is 5.76 Å². The molecule has 1 aromatic rings. The van der Waals surface area contributed by atoms with E-state index >= 15 is 0 Å². The first-order valence-corrected chi connectivity index (χ1v) is 7.17. The van der Waals surface area contributed by atoms with Gasteiger partial charge in [-0.05, 0) is 61.7 Å². The Morgan fingerprint density at radius 1 is 1.35 bits per heavy atom. The number of nitrogens with one attached hydrogen (secondary N) is 1. The largest absolute Gasteiger partial charge is 0.453 e. The van der Waals surface area contributed by atoms with Crippen molar-refractivity contribution in [3.05, 3.63) is 22.6 Å². The molecule has 1 fully saturated rings. The van der Waals surface area contributed by atoms with Crippen LogP contribution in [-0.4, -0.2) is 17.1 Å². The molecular formula is C13H21BrN2O. The molecule has 1 aliphatic heterocycles. The van der Waals surface area contributed by atoms with Gasteiger partial charge in [0.2, 0.25) is 0 Å². The van der Waals surface area contributed by atoms with E-state index in [9.17, 15) is 0 Å². The van der Waals surface area contributed by atoms with Crippen molar-refractivity contribution in [1.29, 1.82) is 0 Å². The van der Waals surface area contributed by atoms with E-state index in [-0.39, 0.29) is 6.04 Å². The molecule has 0 radical (unpaired) electrons. The quantitative estimate of drug-likeness (QED) is 0.918. The molecule has 0 saturated carbocycles. The molecule has 4 heteroatoms. The third kappa shape index (κ3) is 3.12. The van der Waals surface area contributed by atoms with E-state index in [2.05, 4.69) is 47.1 Å². The predicted octanol–water partition coefficient (Wildman–Crippen LogP) is 3.87. The molecule has 0 bridgehead atoms. The minimum Gasteiger partial charge on any atom is -0.453 e. The third-order valence-electron chi connectivity index (χ3n) is 3.56. The van der Waals surface area contributed by atoms with Crippen LogP contribution in [0.5, 0.6) is 0 Å². The van der Waals surface area contributed by atoms with Crippen LogP contribution in [0.4, 0.5) is 0 Å². The smallest absolute Gasteiger partial charge is 0.169 e. The van der Waals surface area contributed by atoms with Crippen LogP contribution in [0.1, 0.15) is 51.8 Å². The second kappa shape index (κ2) is 5.55. The number of halogens is 1. The number of hydrogen-bond donors (Lipinski definition) is 1. The molecule has 1 aromatic heterocycles. The Morgan fingerprint density at radius 3 is 2.53 bits per heavy atom. The Kier molecular flexibility index (Phi) is 4.28. The number of piperidine rings is 1. The van der Waals surface area contributed by atoms with Crippen molar-refractivity contribution < 1.29 is 4.42 Å². The number of furan rings is 1. The van der Waals surface area contributed by atoms with Gasteiger partial charge < -0.3 is 4.42 Å². The summed E-state index contributed by atoms with van der Waals surface area (Å²) < 4.78 is 6.38. The second-order valence-electron chi connectivity index (χ2n) is 5.03. The summed E-state index contributed by atoms with van der Waals surface area (Å²) in [6, 6.07) is 5.36. The summed E-state index contributed by atoms with van der Waals surface area (Å²) in [4.78, 5) is 0. The van der Waals surface area contributed by atoms with Gasteiger partial charge in [0.25, 0.3) is 0 Å². The first-order valence-electron chi connectivity index (χ1n) is 6.37. The highest BCUT2D eigenvalue weighted by Crippen LogP contribution is 2.25. The molecule has 0 aliphatic carbocycles. The molecule has 3 nitrogen and oxygen atoms in total. The fourth-order valence-corrected chi connectivity index (χ4v) is 2.84. The first kappa shape index (κ1) is 13.1. The lowest BCUT2D eigenvalue weighted by Crippen LogP contribution is -2.52. The standard InChI is InChI=1S/C13H21BrN2O/c1-9-5-4-6-10(2)16(9)15-11(3)12-7-8-13(14)17-12/h7-11,15H,4-6H2,1-3H3.